The van der Waals surface area contributed by atoms with Gasteiger partial charge in [-0.25, -0.2) is 4.79 Å². The number of aliphatic hydroxyl groups is 1. The molecule has 1 aromatic rings. The first-order chi connectivity index (χ1) is 12.4. The SMILES string of the molecule is CCOC(=O)N1CCC[C@H](C(=O)NCC[C@@H](O)c2ccc(Cl)c(Cl)c2)C1. The number of aliphatic hydroxyl groups excluding tert-OH is 1. The number of carbonyl (C=O) groups excluding carboxylic acids is 2. The third-order valence-corrected chi connectivity index (χ3v) is 5.10. The number of nitrogens with one attached hydrogen (secondary N) is 1. The quantitative estimate of drug-likeness (QED) is 0.763. The van der Waals surface area contributed by atoms with E-state index >= 15 is 0 Å². The van der Waals surface area contributed by atoms with E-state index in [1.54, 1.807) is 30.0 Å². The fraction of sp³-hybridized carbons (Fsp3) is 0.556. The van der Waals surface area contributed by atoms with Gasteiger partial charge in [0.25, 0.3) is 0 Å². The molecule has 2 amide bonds. The molecule has 0 saturated carbocycles. The van der Waals surface area contributed by atoms with Gasteiger partial charge in [0.2, 0.25) is 5.91 Å². The van der Waals surface area contributed by atoms with Crippen molar-refractivity contribution >= 4 is 35.2 Å². The lowest BCUT2D eigenvalue weighted by Gasteiger charge is -2.31. The van der Waals surface area contributed by atoms with E-state index in [1.165, 1.54) is 0 Å². The van der Waals surface area contributed by atoms with Gasteiger partial charge in [-0.2, -0.15) is 0 Å². The topological polar surface area (TPSA) is 78.9 Å². The molecule has 8 heteroatoms. The van der Waals surface area contributed by atoms with Crippen molar-refractivity contribution in [1.82, 2.24) is 10.2 Å². The molecule has 2 N–H and O–H groups in total. The Kier molecular flexibility index (Phi) is 8.00. The van der Waals surface area contributed by atoms with Gasteiger partial charge in [-0.3, -0.25) is 4.79 Å². The first-order valence-corrected chi connectivity index (χ1v) is 9.50. The standard InChI is InChI=1S/C18H24Cl2N2O4/c1-2-26-18(25)22-9-3-4-13(11-22)17(24)21-8-7-16(23)12-5-6-14(19)15(20)10-12/h5-6,10,13,16,23H,2-4,7-9,11H2,1H3,(H,21,24)/t13-,16+/m0/s1. The van der Waals surface area contributed by atoms with E-state index in [0.717, 1.165) is 12.8 Å². The van der Waals surface area contributed by atoms with Crippen molar-refractivity contribution < 1.29 is 19.4 Å². The molecule has 0 spiro atoms. The molecule has 1 aromatic carbocycles. The Bertz CT molecular complexity index is 642. The molecule has 1 aliphatic rings. The van der Waals surface area contributed by atoms with Crippen LogP contribution in [0.4, 0.5) is 4.79 Å². The number of carbonyl (C=O) groups is 2. The highest BCUT2D eigenvalue weighted by Gasteiger charge is 2.28. The minimum atomic E-state index is -0.743. The molecule has 6 nitrogen and oxygen atoms in total. The van der Waals surface area contributed by atoms with Gasteiger partial charge in [-0.05, 0) is 43.9 Å². The van der Waals surface area contributed by atoms with Crippen molar-refractivity contribution in [3.8, 4) is 0 Å². The Morgan fingerprint density at radius 1 is 1.38 bits per heavy atom. The lowest BCUT2D eigenvalue weighted by Crippen LogP contribution is -2.45. The van der Waals surface area contributed by atoms with Gasteiger partial charge in [0.15, 0.2) is 0 Å². The van der Waals surface area contributed by atoms with E-state index < -0.39 is 6.10 Å². The summed E-state index contributed by atoms with van der Waals surface area (Å²) in [7, 11) is 0. The molecule has 26 heavy (non-hydrogen) atoms. The largest absolute Gasteiger partial charge is 0.450 e. The van der Waals surface area contributed by atoms with E-state index in [2.05, 4.69) is 5.32 Å². The third-order valence-electron chi connectivity index (χ3n) is 4.36. The van der Waals surface area contributed by atoms with Crippen molar-refractivity contribution in [2.75, 3.05) is 26.2 Å². The summed E-state index contributed by atoms with van der Waals surface area (Å²) in [6.45, 7) is 3.37. The number of halogens is 2. The van der Waals surface area contributed by atoms with E-state index in [1.807, 2.05) is 0 Å². The Balaban J connectivity index is 1.78. The number of benzene rings is 1. The number of ether oxygens (including phenoxy) is 1. The maximum Gasteiger partial charge on any atom is 0.409 e. The van der Waals surface area contributed by atoms with E-state index in [-0.39, 0.29) is 17.9 Å². The summed E-state index contributed by atoms with van der Waals surface area (Å²) in [6.07, 6.45) is 0.741. The predicted octanol–water partition coefficient (Wildman–Crippen LogP) is 3.40. The van der Waals surface area contributed by atoms with Crippen molar-refractivity contribution in [3.05, 3.63) is 33.8 Å². The molecule has 0 unspecified atom stereocenters. The Hall–Kier alpha value is -1.50. The Morgan fingerprint density at radius 2 is 2.15 bits per heavy atom. The minimum Gasteiger partial charge on any atom is -0.450 e. The first kappa shape index (κ1) is 20.8. The molecule has 0 radical (unpaired) electrons. The average molecular weight is 403 g/mol. The van der Waals surface area contributed by atoms with Gasteiger partial charge >= 0.3 is 6.09 Å². The van der Waals surface area contributed by atoms with Gasteiger partial charge in [-0.15, -0.1) is 0 Å². The zero-order chi connectivity index (χ0) is 19.1. The average Bonchev–Trinajstić information content (AvgIpc) is 2.64. The van der Waals surface area contributed by atoms with E-state index in [0.29, 0.717) is 48.3 Å². The summed E-state index contributed by atoms with van der Waals surface area (Å²) >= 11 is 11.8. The third kappa shape index (κ3) is 5.76. The maximum absolute atomic E-state index is 12.3. The summed E-state index contributed by atoms with van der Waals surface area (Å²) in [5.74, 6) is -0.365. The fourth-order valence-electron chi connectivity index (χ4n) is 2.93. The van der Waals surface area contributed by atoms with Crippen molar-refractivity contribution in [3.63, 3.8) is 0 Å². The Labute approximate surface area is 163 Å². The molecule has 0 aromatic heterocycles. The first-order valence-electron chi connectivity index (χ1n) is 8.74. The summed E-state index contributed by atoms with van der Waals surface area (Å²) in [5.41, 5.74) is 0.653. The number of hydrogen-bond donors (Lipinski definition) is 2. The number of amides is 2. The smallest absolute Gasteiger partial charge is 0.409 e. The number of hydrogen-bond acceptors (Lipinski definition) is 4. The molecule has 1 aliphatic heterocycles. The zero-order valence-corrected chi connectivity index (χ0v) is 16.2. The monoisotopic (exact) mass is 402 g/mol. The van der Waals surface area contributed by atoms with Gasteiger partial charge in [0.05, 0.1) is 28.7 Å². The van der Waals surface area contributed by atoms with Gasteiger partial charge in [0, 0.05) is 19.6 Å². The van der Waals surface area contributed by atoms with Crippen molar-refractivity contribution in [2.24, 2.45) is 5.92 Å². The molecular formula is C18H24Cl2N2O4. The number of nitrogens with zero attached hydrogens (tertiary/aromatic N) is 1. The highest BCUT2D eigenvalue weighted by molar-refractivity contribution is 6.42. The highest BCUT2D eigenvalue weighted by atomic mass is 35.5. The predicted molar refractivity (Wildman–Crippen MR) is 100 cm³/mol. The maximum atomic E-state index is 12.3. The second-order valence-corrected chi connectivity index (χ2v) is 7.07. The fourth-order valence-corrected chi connectivity index (χ4v) is 3.24. The normalized spacial score (nSPS) is 18.3. The van der Waals surface area contributed by atoms with Crippen LogP contribution < -0.4 is 5.32 Å². The van der Waals surface area contributed by atoms with Crippen LogP contribution in [-0.2, 0) is 9.53 Å². The molecule has 0 aliphatic carbocycles. The van der Waals surface area contributed by atoms with E-state index in [4.69, 9.17) is 27.9 Å². The van der Waals surface area contributed by atoms with Crippen LogP contribution in [0.3, 0.4) is 0 Å². The summed E-state index contributed by atoms with van der Waals surface area (Å²) < 4.78 is 4.99. The molecule has 2 atom stereocenters. The van der Waals surface area contributed by atoms with Crippen LogP contribution >= 0.6 is 23.2 Å². The molecule has 1 saturated heterocycles. The molecular weight excluding hydrogens is 379 g/mol. The number of piperidine rings is 1. The Morgan fingerprint density at radius 3 is 2.85 bits per heavy atom. The summed E-state index contributed by atoms with van der Waals surface area (Å²) in [6, 6.07) is 4.96. The molecule has 2 rings (SSSR count). The van der Waals surface area contributed by atoms with Crippen LogP contribution in [0.1, 0.15) is 37.9 Å². The van der Waals surface area contributed by atoms with Crippen LogP contribution in [0, 0.1) is 5.92 Å². The van der Waals surface area contributed by atoms with Crippen molar-refractivity contribution in [1.29, 1.82) is 0 Å². The molecule has 0 bridgehead atoms. The second kappa shape index (κ2) is 10.00. The van der Waals surface area contributed by atoms with Gasteiger partial charge in [0.1, 0.15) is 0 Å². The number of rotatable bonds is 6. The van der Waals surface area contributed by atoms with Crippen LogP contribution in [0.2, 0.25) is 10.0 Å². The second-order valence-electron chi connectivity index (χ2n) is 6.25. The minimum absolute atomic E-state index is 0.111. The van der Waals surface area contributed by atoms with Gasteiger partial charge in [-0.1, -0.05) is 29.3 Å². The van der Waals surface area contributed by atoms with Crippen LogP contribution in [0.5, 0.6) is 0 Å². The van der Waals surface area contributed by atoms with Crippen molar-refractivity contribution in [2.45, 2.75) is 32.3 Å². The van der Waals surface area contributed by atoms with Gasteiger partial charge < -0.3 is 20.1 Å². The highest BCUT2D eigenvalue weighted by Crippen LogP contribution is 2.26. The lowest BCUT2D eigenvalue weighted by atomic mass is 9.97. The van der Waals surface area contributed by atoms with Crippen LogP contribution in [0.15, 0.2) is 18.2 Å². The lowest BCUT2D eigenvalue weighted by molar-refractivity contribution is -0.126. The van der Waals surface area contributed by atoms with Crippen LogP contribution in [-0.4, -0.2) is 48.2 Å². The molecule has 1 fully saturated rings. The summed E-state index contributed by atoms with van der Waals surface area (Å²) in [4.78, 5) is 25.7. The van der Waals surface area contributed by atoms with Crippen LogP contribution in [0.25, 0.3) is 0 Å². The summed E-state index contributed by atoms with van der Waals surface area (Å²) in [5, 5.41) is 13.9. The molecule has 144 valence electrons. The zero-order valence-electron chi connectivity index (χ0n) is 14.7. The molecule has 1 heterocycles. The number of likely N-dealkylation sites (tertiary alicyclic amines) is 1. The van der Waals surface area contributed by atoms with E-state index in [9.17, 15) is 14.7 Å².